The summed E-state index contributed by atoms with van der Waals surface area (Å²) < 4.78 is 30.9. The van der Waals surface area contributed by atoms with Crippen LogP contribution in [0, 0.1) is 30.9 Å². The van der Waals surface area contributed by atoms with Gasteiger partial charge in [0, 0.05) is 12.1 Å². The molecule has 9 nitrogen and oxygen atoms in total. The summed E-state index contributed by atoms with van der Waals surface area (Å²) >= 11 is 0. The molecule has 0 fully saturated rings. The van der Waals surface area contributed by atoms with Gasteiger partial charge < -0.3 is 10.1 Å². The zero-order valence-electron chi connectivity index (χ0n) is 17.3. The van der Waals surface area contributed by atoms with E-state index in [1.165, 1.54) is 12.1 Å². The van der Waals surface area contributed by atoms with Gasteiger partial charge in [0.05, 0.1) is 23.4 Å². The summed E-state index contributed by atoms with van der Waals surface area (Å²) in [6.07, 6.45) is 0.946. The predicted molar refractivity (Wildman–Crippen MR) is 114 cm³/mol. The lowest BCUT2D eigenvalue weighted by molar-refractivity contribution is -0.384. The molecule has 1 N–H and O–H groups in total. The molecule has 10 heteroatoms. The Kier molecular flexibility index (Phi) is 7.38. The molecule has 1 amide bonds. The highest BCUT2D eigenvalue weighted by Crippen LogP contribution is 2.27. The second-order valence-electron chi connectivity index (χ2n) is 7.02. The van der Waals surface area contributed by atoms with E-state index in [0.29, 0.717) is 11.3 Å². The summed E-state index contributed by atoms with van der Waals surface area (Å²) in [4.78, 5) is 22.7. The number of nitrogens with zero attached hydrogens (tertiary/aromatic N) is 2. The van der Waals surface area contributed by atoms with Crippen molar-refractivity contribution in [2.75, 3.05) is 30.3 Å². The molecular formula is C20H25N3O6S. The van der Waals surface area contributed by atoms with Crippen LogP contribution < -0.4 is 14.4 Å². The molecule has 0 spiro atoms. The summed E-state index contributed by atoms with van der Waals surface area (Å²) in [6.45, 7) is 5.42. The molecule has 0 aliphatic carbocycles. The number of nitro groups is 1. The highest BCUT2D eigenvalue weighted by Gasteiger charge is 2.24. The third-order valence-corrected chi connectivity index (χ3v) is 5.37. The van der Waals surface area contributed by atoms with Crippen molar-refractivity contribution in [3.8, 4) is 5.75 Å². The van der Waals surface area contributed by atoms with Crippen LogP contribution in [0.15, 0.2) is 36.4 Å². The van der Waals surface area contributed by atoms with Crippen LogP contribution in [-0.4, -0.2) is 45.2 Å². The second-order valence-corrected chi connectivity index (χ2v) is 8.93. The molecule has 0 unspecified atom stereocenters. The van der Waals surface area contributed by atoms with Crippen LogP contribution in [0.2, 0.25) is 0 Å². The number of ether oxygens (including phenoxy) is 1. The molecule has 0 atom stereocenters. The second kappa shape index (κ2) is 9.57. The van der Waals surface area contributed by atoms with Crippen LogP contribution in [-0.2, 0) is 14.8 Å². The Morgan fingerprint density at radius 3 is 2.33 bits per heavy atom. The maximum Gasteiger partial charge on any atom is 0.271 e. The van der Waals surface area contributed by atoms with Crippen molar-refractivity contribution in [3.63, 3.8) is 0 Å². The molecule has 0 bridgehead atoms. The van der Waals surface area contributed by atoms with E-state index in [4.69, 9.17) is 4.74 Å². The van der Waals surface area contributed by atoms with Gasteiger partial charge in [0.1, 0.15) is 18.9 Å². The van der Waals surface area contributed by atoms with Crippen LogP contribution >= 0.6 is 0 Å². The molecule has 2 aromatic carbocycles. The van der Waals surface area contributed by atoms with E-state index in [0.717, 1.165) is 27.8 Å². The number of nitro benzene ring substituents is 1. The number of anilines is 1. The van der Waals surface area contributed by atoms with Gasteiger partial charge in [-0.25, -0.2) is 8.42 Å². The fourth-order valence-corrected chi connectivity index (χ4v) is 3.83. The number of hydrogen-bond acceptors (Lipinski definition) is 6. The van der Waals surface area contributed by atoms with Gasteiger partial charge in [0.25, 0.3) is 5.69 Å². The molecule has 2 aromatic rings. The number of sulfonamides is 1. The number of non-ortho nitro benzene ring substituents is 1. The number of carbonyl (C=O) groups is 1. The van der Waals surface area contributed by atoms with E-state index in [1.807, 2.05) is 32.0 Å². The van der Waals surface area contributed by atoms with E-state index in [2.05, 4.69) is 5.32 Å². The van der Waals surface area contributed by atoms with Crippen LogP contribution in [0.1, 0.15) is 16.7 Å². The van der Waals surface area contributed by atoms with Crippen LogP contribution in [0.5, 0.6) is 5.75 Å². The zero-order chi connectivity index (χ0) is 22.5. The van der Waals surface area contributed by atoms with Crippen molar-refractivity contribution in [3.05, 3.63) is 63.2 Å². The number of benzene rings is 2. The van der Waals surface area contributed by atoms with Gasteiger partial charge in [-0.3, -0.25) is 19.2 Å². The smallest absolute Gasteiger partial charge is 0.271 e. The first-order chi connectivity index (χ1) is 14.0. The van der Waals surface area contributed by atoms with Crippen molar-refractivity contribution in [2.45, 2.75) is 20.8 Å². The normalized spacial score (nSPS) is 11.1. The van der Waals surface area contributed by atoms with E-state index >= 15 is 0 Å². The number of rotatable bonds is 9. The van der Waals surface area contributed by atoms with Crippen LogP contribution in [0.4, 0.5) is 11.4 Å². The Hall–Kier alpha value is -3.14. The minimum absolute atomic E-state index is 0.0911. The van der Waals surface area contributed by atoms with E-state index in [9.17, 15) is 23.3 Å². The van der Waals surface area contributed by atoms with Gasteiger partial charge in [-0.2, -0.15) is 0 Å². The van der Waals surface area contributed by atoms with Crippen LogP contribution in [0.3, 0.4) is 0 Å². The Balaban J connectivity index is 2.03. The molecule has 162 valence electrons. The van der Waals surface area contributed by atoms with Crippen molar-refractivity contribution in [2.24, 2.45) is 0 Å². The van der Waals surface area contributed by atoms with E-state index in [-0.39, 0.29) is 24.5 Å². The van der Waals surface area contributed by atoms with Gasteiger partial charge in [-0.05, 0) is 49.6 Å². The molecule has 0 aliphatic rings. The quantitative estimate of drug-likeness (QED) is 0.367. The lowest BCUT2D eigenvalue weighted by Gasteiger charge is -2.23. The van der Waals surface area contributed by atoms with Crippen molar-refractivity contribution < 1.29 is 22.9 Å². The predicted octanol–water partition coefficient (Wildman–Crippen LogP) is 2.48. The van der Waals surface area contributed by atoms with Gasteiger partial charge in [-0.15, -0.1) is 0 Å². The maximum atomic E-state index is 12.3. The van der Waals surface area contributed by atoms with E-state index in [1.54, 1.807) is 6.92 Å². The summed E-state index contributed by atoms with van der Waals surface area (Å²) in [5.41, 5.74) is 2.45. The Bertz CT molecular complexity index is 1030. The third kappa shape index (κ3) is 6.45. The SMILES string of the molecule is Cc1cc(C)cc(OCCNC(=O)CN(c2cc([N+](=O)[O-])ccc2C)S(C)(=O)=O)c1. The van der Waals surface area contributed by atoms with Crippen molar-refractivity contribution >= 4 is 27.3 Å². The first-order valence-corrected chi connectivity index (χ1v) is 11.0. The Labute approximate surface area is 175 Å². The van der Waals surface area contributed by atoms with Gasteiger partial charge in [0.2, 0.25) is 15.9 Å². The van der Waals surface area contributed by atoms with Gasteiger partial charge in [-0.1, -0.05) is 12.1 Å². The first kappa shape index (κ1) is 23.1. The van der Waals surface area contributed by atoms with Crippen molar-refractivity contribution in [1.82, 2.24) is 5.32 Å². The highest BCUT2D eigenvalue weighted by atomic mass is 32.2. The number of aryl methyl sites for hydroxylation is 3. The lowest BCUT2D eigenvalue weighted by atomic mass is 10.1. The molecule has 0 radical (unpaired) electrons. The molecule has 0 saturated carbocycles. The average molecular weight is 436 g/mol. The summed E-state index contributed by atoms with van der Waals surface area (Å²) in [7, 11) is -3.84. The van der Waals surface area contributed by atoms with Gasteiger partial charge >= 0.3 is 0 Å². The minimum atomic E-state index is -3.84. The number of carbonyl (C=O) groups excluding carboxylic acids is 1. The number of hydrogen-bond donors (Lipinski definition) is 1. The molecule has 0 aromatic heterocycles. The monoisotopic (exact) mass is 435 g/mol. The standard InChI is InChI=1S/C20H25N3O6S/c1-14-9-15(2)11-18(10-14)29-8-7-21-20(24)13-22(30(4,27)28)19-12-17(23(25)26)6-5-16(19)3/h5-6,9-12H,7-8,13H2,1-4H3,(H,21,24). The lowest BCUT2D eigenvalue weighted by Crippen LogP contribution is -2.41. The molecular weight excluding hydrogens is 410 g/mol. The summed E-state index contributed by atoms with van der Waals surface area (Å²) in [6, 6.07) is 9.65. The molecule has 0 saturated heterocycles. The Morgan fingerprint density at radius 1 is 1.13 bits per heavy atom. The first-order valence-electron chi connectivity index (χ1n) is 9.18. The zero-order valence-corrected chi connectivity index (χ0v) is 18.2. The molecule has 0 heterocycles. The summed E-state index contributed by atoms with van der Waals surface area (Å²) in [5, 5.41) is 13.6. The largest absolute Gasteiger partial charge is 0.492 e. The molecule has 2 rings (SSSR count). The van der Waals surface area contributed by atoms with Crippen molar-refractivity contribution in [1.29, 1.82) is 0 Å². The fourth-order valence-electron chi connectivity index (χ4n) is 2.92. The third-order valence-electron chi connectivity index (χ3n) is 4.25. The fraction of sp³-hybridized carbons (Fsp3) is 0.350. The summed E-state index contributed by atoms with van der Waals surface area (Å²) in [5.74, 6) is 0.141. The highest BCUT2D eigenvalue weighted by molar-refractivity contribution is 7.92. The minimum Gasteiger partial charge on any atom is -0.492 e. The van der Waals surface area contributed by atoms with E-state index < -0.39 is 27.4 Å². The number of amides is 1. The topological polar surface area (TPSA) is 119 Å². The molecule has 0 aliphatic heterocycles. The Morgan fingerprint density at radius 2 is 1.77 bits per heavy atom. The average Bonchev–Trinajstić information content (AvgIpc) is 2.62. The van der Waals surface area contributed by atoms with Crippen LogP contribution in [0.25, 0.3) is 0 Å². The van der Waals surface area contributed by atoms with Gasteiger partial charge in [0.15, 0.2) is 0 Å². The number of nitrogens with one attached hydrogen (secondary N) is 1. The molecule has 30 heavy (non-hydrogen) atoms. The maximum absolute atomic E-state index is 12.3.